The molecule has 118 valence electrons. The molecule has 0 saturated carbocycles. The van der Waals surface area contributed by atoms with E-state index in [0.29, 0.717) is 0 Å². The Morgan fingerprint density at radius 2 is 1.95 bits per heavy atom. The molecule has 0 aromatic heterocycles. The second kappa shape index (κ2) is 6.83. The quantitative estimate of drug-likeness (QED) is 0.880. The Bertz CT molecular complexity index is 459. The zero-order chi connectivity index (χ0) is 15.5. The van der Waals surface area contributed by atoms with Gasteiger partial charge in [0.25, 0.3) is 0 Å². The van der Waals surface area contributed by atoms with E-state index in [0.717, 1.165) is 12.5 Å². The molecule has 1 aliphatic rings. The number of hydrogen-bond acceptors (Lipinski definition) is 2. The molecule has 2 nitrogen and oxygen atoms in total. The van der Waals surface area contributed by atoms with Gasteiger partial charge in [-0.25, -0.2) is 0 Å². The molecule has 1 atom stereocenters. The number of aryl methyl sites for hydroxylation is 1. The fraction of sp³-hybridized carbons (Fsp3) is 0.684. The summed E-state index contributed by atoms with van der Waals surface area (Å²) in [4.78, 5) is 2.58. The monoisotopic (exact) mass is 288 g/mol. The lowest BCUT2D eigenvalue weighted by atomic mass is 10.0. The van der Waals surface area contributed by atoms with Gasteiger partial charge in [-0.15, -0.1) is 0 Å². The Balaban J connectivity index is 2.04. The van der Waals surface area contributed by atoms with Gasteiger partial charge in [-0.1, -0.05) is 19.1 Å². The molecule has 2 heteroatoms. The first-order valence-electron chi connectivity index (χ1n) is 8.45. The highest BCUT2D eigenvalue weighted by molar-refractivity contribution is 5.54. The maximum absolute atomic E-state index is 3.57. The van der Waals surface area contributed by atoms with Crippen molar-refractivity contribution in [1.82, 2.24) is 5.32 Å². The van der Waals surface area contributed by atoms with Gasteiger partial charge in [0.1, 0.15) is 0 Å². The van der Waals surface area contributed by atoms with Gasteiger partial charge < -0.3 is 10.2 Å². The Morgan fingerprint density at radius 3 is 2.62 bits per heavy atom. The zero-order valence-electron chi connectivity index (χ0n) is 14.5. The third-order valence-corrected chi connectivity index (χ3v) is 4.44. The third-order valence-electron chi connectivity index (χ3n) is 4.44. The Labute approximate surface area is 130 Å². The van der Waals surface area contributed by atoms with E-state index in [1.807, 2.05) is 0 Å². The molecule has 0 bridgehead atoms. The van der Waals surface area contributed by atoms with Crippen LogP contribution in [0.5, 0.6) is 0 Å². The van der Waals surface area contributed by atoms with E-state index >= 15 is 0 Å². The molecule has 1 N–H and O–H groups in total. The number of rotatable bonds is 3. The summed E-state index contributed by atoms with van der Waals surface area (Å²) in [5.74, 6) is 0.880. The fourth-order valence-corrected chi connectivity index (χ4v) is 3.05. The summed E-state index contributed by atoms with van der Waals surface area (Å²) in [7, 11) is 0. The van der Waals surface area contributed by atoms with Crippen molar-refractivity contribution in [3.63, 3.8) is 0 Å². The van der Waals surface area contributed by atoms with E-state index in [4.69, 9.17) is 0 Å². The maximum atomic E-state index is 3.57. The standard InChI is InChI=1S/C19H32N2/c1-15-7-6-11-21(12-10-15)18-9-8-17(13-16(18)2)14-20-19(3,4)5/h8-9,13,15,20H,6-7,10-12,14H2,1-5H3. The minimum atomic E-state index is 0.174. The molecule has 0 amide bonds. The summed E-state index contributed by atoms with van der Waals surface area (Å²) < 4.78 is 0. The van der Waals surface area contributed by atoms with Gasteiger partial charge >= 0.3 is 0 Å². The van der Waals surface area contributed by atoms with Crippen LogP contribution in [0.1, 0.15) is 58.1 Å². The summed E-state index contributed by atoms with van der Waals surface area (Å²) in [5.41, 5.74) is 4.41. The Morgan fingerprint density at radius 1 is 1.19 bits per heavy atom. The van der Waals surface area contributed by atoms with Gasteiger partial charge in [-0.05, 0) is 70.1 Å². The molecule has 0 aliphatic carbocycles. The van der Waals surface area contributed by atoms with Crippen LogP contribution in [-0.2, 0) is 6.54 Å². The first-order valence-corrected chi connectivity index (χ1v) is 8.45. The second-order valence-corrected chi connectivity index (χ2v) is 7.75. The highest BCUT2D eigenvalue weighted by atomic mass is 15.1. The molecule has 1 aliphatic heterocycles. The molecular weight excluding hydrogens is 256 g/mol. The zero-order valence-corrected chi connectivity index (χ0v) is 14.5. The van der Waals surface area contributed by atoms with Crippen molar-refractivity contribution in [2.45, 2.75) is 66.0 Å². The van der Waals surface area contributed by atoms with Crippen molar-refractivity contribution in [3.8, 4) is 0 Å². The minimum absolute atomic E-state index is 0.174. The molecule has 21 heavy (non-hydrogen) atoms. The predicted octanol–water partition coefficient (Wildman–Crippen LogP) is 4.51. The van der Waals surface area contributed by atoms with Gasteiger partial charge in [-0.3, -0.25) is 0 Å². The number of benzene rings is 1. The fourth-order valence-electron chi connectivity index (χ4n) is 3.05. The van der Waals surface area contributed by atoms with Crippen molar-refractivity contribution in [2.24, 2.45) is 5.92 Å². The average Bonchev–Trinajstić information content (AvgIpc) is 2.61. The van der Waals surface area contributed by atoms with Crippen LogP contribution in [0.15, 0.2) is 18.2 Å². The molecule has 1 heterocycles. The van der Waals surface area contributed by atoms with Crippen LogP contribution < -0.4 is 10.2 Å². The SMILES string of the molecule is Cc1cc(CNC(C)(C)C)ccc1N1CCCC(C)CC1. The van der Waals surface area contributed by atoms with E-state index in [1.165, 1.54) is 49.2 Å². The van der Waals surface area contributed by atoms with E-state index < -0.39 is 0 Å². The van der Waals surface area contributed by atoms with Crippen molar-refractivity contribution in [3.05, 3.63) is 29.3 Å². The van der Waals surface area contributed by atoms with Crippen LogP contribution >= 0.6 is 0 Å². The number of nitrogens with zero attached hydrogens (tertiary/aromatic N) is 1. The highest BCUT2D eigenvalue weighted by Crippen LogP contribution is 2.26. The van der Waals surface area contributed by atoms with Gasteiger partial charge in [0.05, 0.1) is 0 Å². The van der Waals surface area contributed by atoms with Crippen molar-refractivity contribution >= 4 is 5.69 Å². The van der Waals surface area contributed by atoms with Gasteiger partial charge in [0, 0.05) is 30.9 Å². The van der Waals surface area contributed by atoms with Gasteiger partial charge in [-0.2, -0.15) is 0 Å². The second-order valence-electron chi connectivity index (χ2n) is 7.75. The smallest absolute Gasteiger partial charge is 0.0396 e. The summed E-state index contributed by atoms with van der Waals surface area (Å²) in [6.45, 7) is 14.7. The summed E-state index contributed by atoms with van der Waals surface area (Å²) in [5, 5.41) is 3.57. The van der Waals surface area contributed by atoms with Crippen molar-refractivity contribution in [2.75, 3.05) is 18.0 Å². The lowest BCUT2D eigenvalue weighted by molar-refractivity contribution is 0.424. The van der Waals surface area contributed by atoms with E-state index in [-0.39, 0.29) is 5.54 Å². The first kappa shape index (κ1) is 16.4. The van der Waals surface area contributed by atoms with E-state index in [9.17, 15) is 0 Å². The first-order chi connectivity index (χ1) is 9.85. The van der Waals surface area contributed by atoms with E-state index in [2.05, 4.69) is 63.0 Å². The molecule has 2 rings (SSSR count). The molecule has 1 fully saturated rings. The predicted molar refractivity (Wildman–Crippen MR) is 93.0 cm³/mol. The molecule has 1 aromatic carbocycles. The van der Waals surface area contributed by atoms with Crippen molar-refractivity contribution < 1.29 is 0 Å². The van der Waals surface area contributed by atoms with Gasteiger partial charge in [0.2, 0.25) is 0 Å². The van der Waals surface area contributed by atoms with Crippen molar-refractivity contribution in [1.29, 1.82) is 0 Å². The highest BCUT2D eigenvalue weighted by Gasteiger charge is 2.16. The maximum Gasteiger partial charge on any atom is 0.0396 e. The average molecular weight is 288 g/mol. The van der Waals surface area contributed by atoms with Crippen LogP contribution in [0.25, 0.3) is 0 Å². The lowest BCUT2D eigenvalue weighted by Gasteiger charge is -2.26. The third kappa shape index (κ3) is 5.03. The number of nitrogens with one attached hydrogen (secondary N) is 1. The summed E-state index contributed by atoms with van der Waals surface area (Å²) in [6.07, 6.45) is 4.03. The number of anilines is 1. The van der Waals surface area contributed by atoms with Crippen LogP contribution in [0.4, 0.5) is 5.69 Å². The summed E-state index contributed by atoms with van der Waals surface area (Å²) >= 11 is 0. The number of hydrogen-bond donors (Lipinski definition) is 1. The Hall–Kier alpha value is -1.02. The van der Waals surface area contributed by atoms with Gasteiger partial charge in [0.15, 0.2) is 0 Å². The molecule has 0 spiro atoms. The normalized spacial score (nSPS) is 20.4. The molecule has 0 radical (unpaired) electrons. The molecule has 1 unspecified atom stereocenters. The van der Waals surface area contributed by atoms with Crippen LogP contribution in [0, 0.1) is 12.8 Å². The van der Waals surface area contributed by atoms with Crippen LogP contribution in [0.3, 0.4) is 0 Å². The summed E-state index contributed by atoms with van der Waals surface area (Å²) in [6, 6.07) is 6.96. The lowest BCUT2D eigenvalue weighted by Crippen LogP contribution is -2.35. The van der Waals surface area contributed by atoms with E-state index in [1.54, 1.807) is 0 Å². The minimum Gasteiger partial charge on any atom is -0.371 e. The molecule has 1 saturated heterocycles. The largest absolute Gasteiger partial charge is 0.371 e. The van der Waals surface area contributed by atoms with Crippen LogP contribution in [-0.4, -0.2) is 18.6 Å². The van der Waals surface area contributed by atoms with Crippen LogP contribution in [0.2, 0.25) is 0 Å². The topological polar surface area (TPSA) is 15.3 Å². The molecule has 1 aromatic rings. The Kier molecular flexibility index (Phi) is 5.32. The molecular formula is C19H32N2.